The molecule has 0 saturated carbocycles. The van der Waals surface area contributed by atoms with Crippen LogP contribution in [0.15, 0.2) is 23.9 Å². The fourth-order valence-electron chi connectivity index (χ4n) is 2.25. The van der Waals surface area contributed by atoms with Crippen LogP contribution in [-0.2, 0) is 4.79 Å². The molecule has 3 heteroatoms. The van der Waals surface area contributed by atoms with Gasteiger partial charge in [-0.2, -0.15) is 0 Å². The van der Waals surface area contributed by atoms with Gasteiger partial charge in [0.05, 0.1) is 6.54 Å². The molecular weight excluding hydrogens is 200 g/mol. The van der Waals surface area contributed by atoms with Crippen LogP contribution in [0.5, 0.6) is 0 Å². The summed E-state index contributed by atoms with van der Waals surface area (Å²) in [6.07, 6.45) is 8.35. The van der Waals surface area contributed by atoms with Gasteiger partial charge in [-0.15, -0.1) is 0 Å². The summed E-state index contributed by atoms with van der Waals surface area (Å²) in [5.41, 5.74) is 1.19. The third-order valence-electron chi connectivity index (χ3n) is 3.32. The van der Waals surface area contributed by atoms with Crippen molar-refractivity contribution in [1.82, 2.24) is 9.80 Å². The maximum absolute atomic E-state index is 12.0. The van der Waals surface area contributed by atoms with Gasteiger partial charge in [0.25, 0.3) is 0 Å². The number of carbonyl (C=O) groups excluding carboxylic acids is 1. The summed E-state index contributed by atoms with van der Waals surface area (Å²) in [5, 5.41) is 0. The van der Waals surface area contributed by atoms with Crippen molar-refractivity contribution in [3.63, 3.8) is 0 Å². The van der Waals surface area contributed by atoms with Crippen LogP contribution >= 0.6 is 0 Å². The van der Waals surface area contributed by atoms with E-state index in [9.17, 15) is 4.79 Å². The number of rotatable bonds is 2. The maximum atomic E-state index is 12.0. The van der Waals surface area contributed by atoms with Gasteiger partial charge in [0, 0.05) is 24.8 Å². The summed E-state index contributed by atoms with van der Waals surface area (Å²) in [6.45, 7) is 6.69. The average molecular weight is 220 g/mol. The number of allylic oxidation sites excluding steroid dienone is 4. The van der Waals surface area contributed by atoms with E-state index in [0.717, 1.165) is 25.9 Å². The Bertz CT molecular complexity index is 331. The molecule has 0 bridgehead atoms. The smallest absolute Gasteiger partial charge is 0.240 e. The molecule has 0 unspecified atom stereocenters. The van der Waals surface area contributed by atoms with Crippen LogP contribution in [0.4, 0.5) is 0 Å². The first-order valence-corrected chi connectivity index (χ1v) is 6.08. The molecule has 1 aliphatic carbocycles. The van der Waals surface area contributed by atoms with Crippen LogP contribution in [0.3, 0.4) is 0 Å². The number of amides is 1. The zero-order chi connectivity index (χ0) is 11.5. The van der Waals surface area contributed by atoms with Gasteiger partial charge >= 0.3 is 0 Å². The van der Waals surface area contributed by atoms with E-state index in [-0.39, 0.29) is 5.91 Å². The SMILES string of the molecule is CC(C)N1CCN(C2=CC=CCC2)C(=O)C1. The minimum atomic E-state index is 0.251. The molecule has 1 heterocycles. The lowest BCUT2D eigenvalue weighted by Crippen LogP contribution is -2.51. The van der Waals surface area contributed by atoms with E-state index in [0.29, 0.717) is 12.6 Å². The molecule has 1 amide bonds. The monoisotopic (exact) mass is 220 g/mol. The highest BCUT2D eigenvalue weighted by atomic mass is 16.2. The van der Waals surface area contributed by atoms with Crippen molar-refractivity contribution in [3.8, 4) is 0 Å². The first kappa shape index (κ1) is 11.4. The summed E-state index contributed by atoms with van der Waals surface area (Å²) < 4.78 is 0. The highest BCUT2D eigenvalue weighted by molar-refractivity contribution is 5.81. The Hall–Kier alpha value is -1.09. The lowest BCUT2D eigenvalue weighted by molar-refractivity contribution is -0.134. The van der Waals surface area contributed by atoms with E-state index in [1.165, 1.54) is 5.70 Å². The lowest BCUT2D eigenvalue weighted by Gasteiger charge is -2.37. The van der Waals surface area contributed by atoms with Gasteiger partial charge in [0.15, 0.2) is 0 Å². The summed E-state index contributed by atoms with van der Waals surface area (Å²) >= 11 is 0. The molecule has 0 radical (unpaired) electrons. The van der Waals surface area contributed by atoms with Crippen molar-refractivity contribution in [2.75, 3.05) is 19.6 Å². The Labute approximate surface area is 97.4 Å². The fraction of sp³-hybridized carbons (Fsp3) is 0.615. The van der Waals surface area contributed by atoms with E-state index in [1.54, 1.807) is 0 Å². The van der Waals surface area contributed by atoms with Gasteiger partial charge in [-0.05, 0) is 32.8 Å². The molecular formula is C13H20N2O. The van der Waals surface area contributed by atoms with Crippen LogP contribution in [0.2, 0.25) is 0 Å². The molecule has 3 nitrogen and oxygen atoms in total. The molecule has 88 valence electrons. The van der Waals surface area contributed by atoms with Crippen LogP contribution in [0.1, 0.15) is 26.7 Å². The molecule has 0 aromatic carbocycles. The number of nitrogens with zero attached hydrogens (tertiary/aromatic N) is 2. The Morgan fingerprint density at radius 3 is 2.69 bits per heavy atom. The molecule has 0 atom stereocenters. The predicted octanol–water partition coefficient (Wildman–Crippen LogP) is 1.77. The van der Waals surface area contributed by atoms with Crippen molar-refractivity contribution < 1.29 is 4.79 Å². The summed E-state index contributed by atoms with van der Waals surface area (Å²) in [5.74, 6) is 0.251. The molecule has 0 aromatic rings. The lowest BCUT2D eigenvalue weighted by atomic mass is 10.1. The fourth-order valence-corrected chi connectivity index (χ4v) is 2.25. The van der Waals surface area contributed by atoms with Gasteiger partial charge in [-0.1, -0.05) is 12.2 Å². The second-order valence-electron chi connectivity index (χ2n) is 4.73. The molecule has 0 spiro atoms. The van der Waals surface area contributed by atoms with Crippen molar-refractivity contribution in [2.24, 2.45) is 0 Å². The molecule has 16 heavy (non-hydrogen) atoms. The van der Waals surface area contributed by atoms with Gasteiger partial charge in [0.2, 0.25) is 5.91 Å². The van der Waals surface area contributed by atoms with Gasteiger partial charge in [0.1, 0.15) is 0 Å². The number of carbonyl (C=O) groups is 1. The second-order valence-corrected chi connectivity index (χ2v) is 4.73. The summed E-state index contributed by atoms with van der Waals surface area (Å²) in [7, 11) is 0. The van der Waals surface area contributed by atoms with Crippen LogP contribution in [-0.4, -0.2) is 41.4 Å². The standard InChI is InChI=1S/C13H20N2O/c1-11(2)14-8-9-15(13(16)10-14)12-6-4-3-5-7-12/h3-4,6,11H,5,7-10H2,1-2H3. The normalized spacial score (nSPS) is 22.8. The Balaban J connectivity index is 2.01. The van der Waals surface area contributed by atoms with Gasteiger partial charge in [-0.3, -0.25) is 9.69 Å². The molecule has 2 rings (SSSR count). The minimum Gasteiger partial charge on any atom is -0.314 e. The second kappa shape index (κ2) is 4.83. The Kier molecular flexibility index (Phi) is 3.44. The molecule has 1 saturated heterocycles. The first-order valence-electron chi connectivity index (χ1n) is 6.08. The predicted molar refractivity (Wildman–Crippen MR) is 64.9 cm³/mol. The Morgan fingerprint density at radius 2 is 2.12 bits per heavy atom. The Morgan fingerprint density at radius 1 is 1.31 bits per heavy atom. The van der Waals surface area contributed by atoms with Crippen LogP contribution in [0, 0.1) is 0 Å². The number of hydrogen-bond donors (Lipinski definition) is 0. The van der Waals surface area contributed by atoms with Crippen LogP contribution < -0.4 is 0 Å². The van der Waals surface area contributed by atoms with Crippen molar-refractivity contribution in [1.29, 1.82) is 0 Å². The van der Waals surface area contributed by atoms with E-state index in [2.05, 4.69) is 37.0 Å². The zero-order valence-electron chi connectivity index (χ0n) is 10.1. The average Bonchev–Trinajstić information content (AvgIpc) is 2.30. The molecule has 1 aliphatic heterocycles. The van der Waals surface area contributed by atoms with Crippen molar-refractivity contribution >= 4 is 5.91 Å². The summed E-state index contributed by atoms with van der Waals surface area (Å²) in [4.78, 5) is 16.2. The maximum Gasteiger partial charge on any atom is 0.240 e. The largest absolute Gasteiger partial charge is 0.314 e. The topological polar surface area (TPSA) is 23.6 Å². The zero-order valence-corrected chi connectivity index (χ0v) is 10.1. The van der Waals surface area contributed by atoms with E-state index in [1.807, 2.05) is 4.90 Å². The third kappa shape index (κ3) is 2.35. The van der Waals surface area contributed by atoms with Crippen LogP contribution in [0.25, 0.3) is 0 Å². The van der Waals surface area contributed by atoms with E-state index < -0.39 is 0 Å². The first-order chi connectivity index (χ1) is 7.68. The highest BCUT2D eigenvalue weighted by Gasteiger charge is 2.27. The van der Waals surface area contributed by atoms with E-state index in [4.69, 9.17) is 0 Å². The number of hydrogen-bond acceptors (Lipinski definition) is 2. The van der Waals surface area contributed by atoms with E-state index >= 15 is 0 Å². The van der Waals surface area contributed by atoms with Gasteiger partial charge in [-0.25, -0.2) is 0 Å². The molecule has 2 aliphatic rings. The minimum absolute atomic E-state index is 0.251. The third-order valence-corrected chi connectivity index (χ3v) is 3.32. The van der Waals surface area contributed by atoms with Crippen molar-refractivity contribution in [3.05, 3.63) is 23.9 Å². The molecule has 0 aromatic heterocycles. The van der Waals surface area contributed by atoms with Gasteiger partial charge < -0.3 is 4.90 Å². The highest BCUT2D eigenvalue weighted by Crippen LogP contribution is 2.19. The summed E-state index contributed by atoms with van der Waals surface area (Å²) in [6, 6.07) is 0.464. The molecule has 1 fully saturated rings. The molecule has 0 N–H and O–H groups in total. The van der Waals surface area contributed by atoms with Crippen molar-refractivity contribution in [2.45, 2.75) is 32.7 Å². The quantitative estimate of drug-likeness (QED) is 0.708. The number of piperazine rings is 1.